The molecule has 3 rings (SSSR count). The molecular weight excluding hydrogens is 296 g/mol. The van der Waals surface area contributed by atoms with Gasteiger partial charge in [0.15, 0.2) is 0 Å². The number of aromatic nitrogens is 1. The first kappa shape index (κ1) is 15.4. The Labute approximate surface area is 136 Å². The number of carbonyl (C=O) groups excluding carboxylic acids is 1. The van der Waals surface area contributed by atoms with Gasteiger partial charge in [0.2, 0.25) is 5.91 Å². The van der Waals surface area contributed by atoms with Crippen LogP contribution in [0.25, 0.3) is 10.9 Å². The number of halogens is 1. The molecule has 0 aliphatic heterocycles. The van der Waals surface area contributed by atoms with E-state index in [0.717, 1.165) is 28.9 Å². The maximum atomic E-state index is 12.3. The average molecular weight is 319 g/mol. The number of carbonyl (C=O) groups is 1. The second kappa shape index (κ2) is 6.74. The van der Waals surface area contributed by atoms with E-state index in [1.54, 1.807) is 0 Å². The molecule has 3 nitrogen and oxygen atoms in total. The number of benzene rings is 1. The normalized spacial score (nSPS) is 16.1. The number of fused-ring (bicyclic) bond motifs is 1. The van der Waals surface area contributed by atoms with E-state index in [0.29, 0.717) is 11.4 Å². The molecule has 1 aromatic carbocycles. The third kappa shape index (κ3) is 3.30. The Balaban J connectivity index is 1.66. The summed E-state index contributed by atoms with van der Waals surface area (Å²) in [5, 5.41) is 4.65. The highest BCUT2D eigenvalue weighted by Crippen LogP contribution is 2.32. The molecule has 1 aliphatic carbocycles. The fourth-order valence-corrected chi connectivity index (χ4v) is 3.79. The summed E-state index contributed by atoms with van der Waals surface area (Å²) in [4.78, 5) is 12.3. The van der Waals surface area contributed by atoms with Gasteiger partial charge >= 0.3 is 0 Å². The first-order valence-electron chi connectivity index (χ1n) is 8.18. The Kier molecular flexibility index (Phi) is 4.72. The van der Waals surface area contributed by atoms with E-state index in [4.69, 9.17) is 11.6 Å². The quantitative estimate of drug-likeness (QED) is 0.833. The molecule has 1 aliphatic rings. The molecule has 22 heavy (non-hydrogen) atoms. The molecule has 0 saturated heterocycles. The molecule has 4 heteroatoms. The smallest absolute Gasteiger partial charge is 0.224 e. The average Bonchev–Trinajstić information content (AvgIpc) is 2.84. The highest BCUT2D eigenvalue weighted by atomic mass is 35.5. The number of aryl methyl sites for hydroxylation is 1. The molecule has 0 atom stereocenters. The van der Waals surface area contributed by atoms with Crippen LogP contribution in [0.3, 0.4) is 0 Å². The molecule has 1 amide bonds. The van der Waals surface area contributed by atoms with Crippen molar-refractivity contribution >= 4 is 34.1 Å². The van der Waals surface area contributed by atoms with Crippen LogP contribution >= 0.6 is 11.6 Å². The summed E-state index contributed by atoms with van der Waals surface area (Å²) in [5.41, 5.74) is 1.85. The van der Waals surface area contributed by atoms with E-state index in [1.165, 1.54) is 32.1 Å². The molecule has 118 valence electrons. The SMILES string of the molecule is Cn1cc(NC(=O)CCC2CCCCC2)c2c(Cl)cccc21. The van der Waals surface area contributed by atoms with Gasteiger partial charge in [0.1, 0.15) is 0 Å². The van der Waals surface area contributed by atoms with Crippen molar-refractivity contribution in [3.63, 3.8) is 0 Å². The first-order valence-corrected chi connectivity index (χ1v) is 8.56. The second-order valence-electron chi connectivity index (χ2n) is 6.38. The van der Waals surface area contributed by atoms with Crippen LogP contribution in [-0.4, -0.2) is 10.5 Å². The van der Waals surface area contributed by atoms with Crippen molar-refractivity contribution in [2.24, 2.45) is 13.0 Å². The van der Waals surface area contributed by atoms with Crippen LogP contribution in [0.15, 0.2) is 24.4 Å². The Bertz CT molecular complexity index is 671. The summed E-state index contributed by atoms with van der Waals surface area (Å²) >= 11 is 6.29. The number of anilines is 1. The summed E-state index contributed by atoms with van der Waals surface area (Å²) in [5.74, 6) is 0.827. The van der Waals surface area contributed by atoms with E-state index < -0.39 is 0 Å². The summed E-state index contributed by atoms with van der Waals surface area (Å²) in [6.45, 7) is 0. The molecule has 1 aromatic heterocycles. The van der Waals surface area contributed by atoms with Crippen molar-refractivity contribution in [3.8, 4) is 0 Å². The lowest BCUT2D eigenvalue weighted by Crippen LogP contribution is -2.14. The predicted octanol–water partition coefficient (Wildman–Crippen LogP) is 5.13. The molecule has 1 fully saturated rings. The van der Waals surface area contributed by atoms with Crippen molar-refractivity contribution in [1.29, 1.82) is 0 Å². The topological polar surface area (TPSA) is 34.0 Å². The van der Waals surface area contributed by atoms with Gasteiger partial charge < -0.3 is 9.88 Å². The second-order valence-corrected chi connectivity index (χ2v) is 6.79. The van der Waals surface area contributed by atoms with Gasteiger partial charge in [0.25, 0.3) is 0 Å². The Hall–Kier alpha value is -1.48. The van der Waals surface area contributed by atoms with E-state index >= 15 is 0 Å². The molecule has 1 saturated carbocycles. The summed E-state index contributed by atoms with van der Waals surface area (Å²) in [6, 6.07) is 5.81. The van der Waals surface area contributed by atoms with Crippen molar-refractivity contribution in [3.05, 3.63) is 29.4 Å². The highest BCUT2D eigenvalue weighted by molar-refractivity contribution is 6.36. The van der Waals surface area contributed by atoms with E-state index in [-0.39, 0.29) is 5.91 Å². The van der Waals surface area contributed by atoms with Crippen LogP contribution in [0, 0.1) is 5.92 Å². The predicted molar refractivity (Wildman–Crippen MR) is 92.4 cm³/mol. The third-order valence-corrected chi connectivity index (χ3v) is 5.06. The standard InChI is InChI=1S/C18H23ClN2O/c1-21-12-15(18-14(19)8-5-9-16(18)21)20-17(22)11-10-13-6-3-2-4-7-13/h5,8-9,12-13H,2-4,6-7,10-11H2,1H3,(H,20,22). The van der Waals surface area contributed by atoms with Crippen LogP contribution in [0.2, 0.25) is 5.02 Å². The molecule has 1 heterocycles. The number of hydrogen-bond donors (Lipinski definition) is 1. The summed E-state index contributed by atoms with van der Waals surface area (Å²) < 4.78 is 2.00. The van der Waals surface area contributed by atoms with Gasteiger partial charge in [-0.25, -0.2) is 0 Å². The van der Waals surface area contributed by atoms with Gasteiger partial charge in [0, 0.05) is 25.1 Å². The lowest BCUT2D eigenvalue weighted by Gasteiger charge is -2.20. The maximum Gasteiger partial charge on any atom is 0.224 e. The van der Waals surface area contributed by atoms with Crippen molar-refractivity contribution in [2.45, 2.75) is 44.9 Å². The zero-order valence-electron chi connectivity index (χ0n) is 13.1. The maximum absolute atomic E-state index is 12.3. The number of amides is 1. The molecule has 1 N–H and O–H groups in total. The van der Waals surface area contributed by atoms with Gasteiger partial charge in [-0.2, -0.15) is 0 Å². The molecule has 0 bridgehead atoms. The monoisotopic (exact) mass is 318 g/mol. The largest absolute Gasteiger partial charge is 0.348 e. The van der Waals surface area contributed by atoms with Crippen LogP contribution in [0.4, 0.5) is 5.69 Å². The minimum absolute atomic E-state index is 0.0954. The number of nitrogens with one attached hydrogen (secondary N) is 1. The highest BCUT2D eigenvalue weighted by Gasteiger charge is 2.16. The minimum atomic E-state index is 0.0954. The fourth-order valence-electron chi connectivity index (χ4n) is 3.52. The van der Waals surface area contributed by atoms with Gasteiger partial charge in [-0.3, -0.25) is 4.79 Å². The van der Waals surface area contributed by atoms with Crippen molar-refractivity contribution < 1.29 is 4.79 Å². The van der Waals surface area contributed by atoms with Gasteiger partial charge in [-0.1, -0.05) is 49.8 Å². The van der Waals surface area contributed by atoms with Crippen molar-refractivity contribution in [2.75, 3.05) is 5.32 Å². The number of nitrogens with zero attached hydrogens (tertiary/aromatic N) is 1. The zero-order chi connectivity index (χ0) is 15.5. The molecular formula is C18H23ClN2O. The van der Waals surface area contributed by atoms with E-state index in [9.17, 15) is 4.79 Å². The fraction of sp³-hybridized carbons (Fsp3) is 0.500. The Morgan fingerprint density at radius 1 is 1.32 bits per heavy atom. The number of rotatable bonds is 4. The molecule has 2 aromatic rings. The van der Waals surface area contributed by atoms with Gasteiger partial charge in [-0.15, -0.1) is 0 Å². The van der Waals surface area contributed by atoms with Crippen LogP contribution < -0.4 is 5.32 Å². The van der Waals surface area contributed by atoms with E-state index in [2.05, 4.69) is 5.32 Å². The van der Waals surface area contributed by atoms with E-state index in [1.807, 2.05) is 36.0 Å². The van der Waals surface area contributed by atoms with Crippen LogP contribution in [0.5, 0.6) is 0 Å². The van der Waals surface area contributed by atoms with Gasteiger partial charge in [-0.05, 0) is 24.5 Å². The Morgan fingerprint density at radius 3 is 2.86 bits per heavy atom. The molecule has 0 unspecified atom stereocenters. The summed E-state index contributed by atoms with van der Waals surface area (Å²) in [6.07, 6.45) is 10.1. The number of hydrogen-bond acceptors (Lipinski definition) is 1. The molecule has 0 spiro atoms. The van der Waals surface area contributed by atoms with Crippen LogP contribution in [-0.2, 0) is 11.8 Å². The zero-order valence-corrected chi connectivity index (χ0v) is 13.8. The third-order valence-electron chi connectivity index (χ3n) is 4.74. The Morgan fingerprint density at radius 2 is 2.09 bits per heavy atom. The van der Waals surface area contributed by atoms with Crippen molar-refractivity contribution in [1.82, 2.24) is 4.57 Å². The van der Waals surface area contributed by atoms with Gasteiger partial charge in [0.05, 0.1) is 16.2 Å². The lowest BCUT2D eigenvalue weighted by atomic mass is 9.86. The minimum Gasteiger partial charge on any atom is -0.348 e. The van der Waals surface area contributed by atoms with Crippen LogP contribution in [0.1, 0.15) is 44.9 Å². The molecule has 0 radical (unpaired) electrons. The lowest BCUT2D eigenvalue weighted by molar-refractivity contribution is -0.116. The first-order chi connectivity index (χ1) is 10.6. The summed E-state index contributed by atoms with van der Waals surface area (Å²) in [7, 11) is 1.97.